The summed E-state index contributed by atoms with van der Waals surface area (Å²) in [5.41, 5.74) is 0. The lowest BCUT2D eigenvalue weighted by atomic mass is 10.2. The van der Waals surface area contributed by atoms with Crippen LogP contribution in [0.1, 0.15) is 19.8 Å². The van der Waals surface area contributed by atoms with Gasteiger partial charge in [-0.3, -0.25) is 9.59 Å². The van der Waals surface area contributed by atoms with Crippen molar-refractivity contribution >= 4 is 23.6 Å². The van der Waals surface area contributed by atoms with E-state index in [4.69, 9.17) is 0 Å². The predicted molar refractivity (Wildman–Crippen MR) is 59.4 cm³/mol. The standard InChI is InChI=1S/C10H16N2O2S/c1-7(8-2-3-8)11-9(13)4-12-6-15-5-10(12)14/h7-8H,2-6H2,1H3,(H,11,13). The molecule has 0 bridgehead atoms. The van der Waals surface area contributed by atoms with Crippen molar-refractivity contribution in [1.82, 2.24) is 10.2 Å². The highest BCUT2D eigenvalue weighted by molar-refractivity contribution is 8.00. The number of thioether (sulfide) groups is 1. The summed E-state index contributed by atoms with van der Waals surface area (Å²) in [6, 6.07) is 0.267. The second-order valence-electron chi connectivity index (χ2n) is 4.26. The summed E-state index contributed by atoms with van der Waals surface area (Å²) < 4.78 is 0. The van der Waals surface area contributed by atoms with Crippen molar-refractivity contribution < 1.29 is 9.59 Å². The summed E-state index contributed by atoms with van der Waals surface area (Å²) in [4.78, 5) is 24.5. The largest absolute Gasteiger partial charge is 0.352 e. The van der Waals surface area contributed by atoms with Crippen LogP contribution in [0.2, 0.25) is 0 Å². The van der Waals surface area contributed by atoms with Crippen molar-refractivity contribution in [3.8, 4) is 0 Å². The zero-order valence-corrected chi connectivity index (χ0v) is 9.68. The summed E-state index contributed by atoms with van der Waals surface area (Å²) in [6.45, 7) is 2.26. The third kappa shape index (κ3) is 2.87. The zero-order valence-electron chi connectivity index (χ0n) is 8.86. The molecule has 1 heterocycles. The average Bonchev–Trinajstić information content (AvgIpc) is 2.94. The van der Waals surface area contributed by atoms with Crippen LogP contribution in [0.25, 0.3) is 0 Å². The third-order valence-corrected chi connectivity index (χ3v) is 3.82. The molecule has 2 rings (SSSR count). The Hall–Kier alpha value is -0.710. The van der Waals surface area contributed by atoms with Crippen molar-refractivity contribution in [1.29, 1.82) is 0 Å². The molecule has 2 fully saturated rings. The van der Waals surface area contributed by atoms with Gasteiger partial charge < -0.3 is 10.2 Å². The quantitative estimate of drug-likeness (QED) is 0.759. The first-order valence-corrected chi connectivity index (χ1v) is 6.47. The highest BCUT2D eigenvalue weighted by Crippen LogP contribution is 2.32. The van der Waals surface area contributed by atoms with E-state index in [0.717, 1.165) is 0 Å². The molecule has 2 aliphatic rings. The molecule has 5 heteroatoms. The SMILES string of the molecule is CC(NC(=O)CN1CSCC1=O)C1CC1. The molecule has 0 aromatic rings. The Morgan fingerprint density at radius 3 is 2.93 bits per heavy atom. The molecule has 1 unspecified atom stereocenters. The van der Waals surface area contributed by atoms with Gasteiger partial charge in [0.15, 0.2) is 0 Å². The maximum Gasteiger partial charge on any atom is 0.239 e. The van der Waals surface area contributed by atoms with Gasteiger partial charge in [0.25, 0.3) is 0 Å². The van der Waals surface area contributed by atoms with Gasteiger partial charge in [0, 0.05) is 6.04 Å². The summed E-state index contributed by atoms with van der Waals surface area (Å²) in [5.74, 6) is 1.90. The number of carbonyl (C=O) groups is 2. The number of rotatable bonds is 4. The Morgan fingerprint density at radius 1 is 1.67 bits per heavy atom. The van der Waals surface area contributed by atoms with E-state index < -0.39 is 0 Å². The van der Waals surface area contributed by atoms with E-state index in [0.29, 0.717) is 17.5 Å². The first-order chi connectivity index (χ1) is 7.16. The topological polar surface area (TPSA) is 49.4 Å². The summed E-state index contributed by atoms with van der Waals surface area (Å²) >= 11 is 1.57. The molecule has 1 aliphatic carbocycles. The summed E-state index contributed by atoms with van der Waals surface area (Å²) in [7, 11) is 0. The van der Waals surface area contributed by atoms with Crippen LogP contribution < -0.4 is 5.32 Å². The minimum absolute atomic E-state index is 0.0229. The van der Waals surface area contributed by atoms with E-state index in [9.17, 15) is 9.59 Å². The van der Waals surface area contributed by atoms with Crippen molar-refractivity contribution in [3.05, 3.63) is 0 Å². The Labute approximate surface area is 93.8 Å². The molecular formula is C10H16N2O2S. The minimum Gasteiger partial charge on any atom is -0.352 e. The van der Waals surface area contributed by atoms with E-state index in [1.54, 1.807) is 16.7 Å². The lowest BCUT2D eigenvalue weighted by molar-refractivity contribution is -0.132. The normalized spacial score (nSPS) is 23.0. The van der Waals surface area contributed by atoms with E-state index in [-0.39, 0.29) is 24.4 Å². The van der Waals surface area contributed by atoms with Crippen LogP contribution in [0.5, 0.6) is 0 Å². The van der Waals surface area contributed by atoms with Gasteiger partial charge in [-0.1, -0.05) is 0 Å². The van der Waals surface area contributed by atoms with E-state index in [2.05, 4.69) is 5.32 Å². The van der Waals surface area contributed by atoms with Crippen LogP contribution >= 0.6 is 11.8 Å². The van der Waals surface area contributed by atoms with Gasteiger partial charge in [-0.2, -0.15) is 0 Å². The molecule has 1 saturated heterocycles. The van der Waals surface area contributed by atoms with Crippen molar-refractivity contribution in [3.63, 3.8) is 0 Å². The monoisotopic (exact) mass is 228 g/mol. The first-order valence-electron chi connectivity index (χ1n) is 5.31. The molecule has 0 spiro atoms. The molecule has 4 nitrogen and oxygen atoms in total. The van der Waals surface area contributed by atoms with Crippen LogP contribution in [0.4, 0.5) is 0 Å². The molecule has 84 valence electrons. The molecular weight excluding hydrogens is 212 g/mol. The Bertz CT molecular complexity index is 279. The van der Waals surface area contributed by atoms with Gasteiger partial charge in [-0.15, -0.1) is 11.8 Å². The second-order valence-corrected chi connectivity index (χ2v) is 5.22. The number of hydrogen-bond donors (Lipinski definition) is 1. The number of hydrogen-bond acceptors (Lipinski definition) is 3. The Morgan fingerprint density at radius 2 is 2.40 bits per heavy atom. The summed E-state index contributed by atoms with van der Waals surface area (Å²) in [6.07, 6.45) is 2.44. The number of nitrogens with one attached hydrogen (secondary N) is 1. The van der Waals surface area contributed by atoms with Crippen LogP contribution in [0, 0.1) is 5.92 Å². The number of nitrogens with zero attached hydrogens (tertiary/aromatic N) is 1. The molecule has 15 heavy (non-hydrogen) atoms. The van der Waals surface area contributed by atoms with Crippen molar-refractivity contribution in [2.45, 2.75) is 25.8 Å². The van der Waals surface area contributed by atoms with Crippen molar-refractivity contribution in [2.75, 3.05) is 18.2 Å². The lowest BCUT2D eigenvalue weighted by Gasteiger charge is -2.17. The Kier molecular flexibility index (Phi) is 3.19. The number of carbonyl (C=O) groups excluding carboxylic acids is 2. The van der Waals surface area contributed by atoms with Crippen LogP contribution in [0.3, 0.4) is 0 Å². The maximum atomic E-state index is 11.6. The highest BCUT2D eigenvalue weighted by atomic mass is 32.2. The van der Waals surface area contributed by atoms with Gasteiger partial charge in [-0.25, -0.2) is 0 Å². The van der Waals surface area contributed by atoms with Crippen LogP contribution in [-0.2, 0) is 9.59 Å². The van der Waals surface area contributed by atoms with Crippen LogP contribution in [-0.4, -0.2) is 40.9 Å². The highest BCUT2D eigenvalue weighted by Gasteiger charge is 2.30. The van der Waals surface area contributed by atoms with Crippen LogP contribution in [0.15, 0.2) is 0 Å². The number of amides is 2. The molecule has 1 N–H and O–H groups in total. The Balaban J connectivity index is 1.73. The van der Waals surface area contributed by atoms with Gasteiger partial charge in [0.2, 0.25) is 11.8 Å². The fraction of sp³-hybridized carbons (Fsp3) is 0.800. The maximum absolute atomic E-state index is 11.6. The molecule has 0 aromatic heterocycles. The fourth-order valence-electron chi connectivity index (χ4n) is 1.73. The predicted octanol–water partition coefficient (Wildman–Crippen LogP) is 0.434. The molecule has 1 aliphatic heterocycles. The molecule has 0 radical (unpaired) electrons. The van der Waals surface area contributed by atoms with E-state index in [1.165, 1.54) is 12.8 Å². The lowest BCUT2D eigenvalue weighted by Crippen LogP contribution is -2.42. The average molecular weight is 228 g/mol. The molecule has 1 saturated carbocycles. The third-order valence-electron chi connectivity index (χ3n) is 2.88. The fourth-order valence-corrected chi connectivity index (χ4v) is 2.63. The second kappa shape index (κ2) is 4.43. The van der Waals surface area contributed by atoms with Gasteiger partial charge in [-0.05, 0) is 25.7 Å². The van der Waals surface area contributed by atoms with Gasteiger partial charge in [0.1, 0.15) is 6.54 Å². The van der Waals surface area contributed by atoms with E-state index in [1.807, 2.05) is 6.92 Å². The van der Waals surface area contributed by atoms with Gasteiger partial charge >= 0.3 is 0 Å². The van der Waals surface area contributed by atoms with E-state index >= 15 is 0 Å². The smallest absolute Gasteiger partial charge is 0.239 e. The summed E-state index contributed by atoms with van der Waals surface area (Å²) in [5, 5.41) is 2.95. The van der Waals surface area contributed by atoms with Crippen molar-refractivity contribution in [2.24, 2.45) is 5.92 Å². The van der Waals surface area contributed by atoms with Gasteiger partial charge in [0.05, 0.1) is 11.6 Å². The first kappa shape index (κ1) is 10.8. The zero-order chi connectivity index (χ0) is 10.8. The molecule has 2 amide bonds. The molecule has 0 aromatic carbocycles. The minimum atomic E-state index is -0.0229. The molecule has 1 atom stereocenters.